The Morgan fingerprint density at radius 1 is 1.38 bits per heavy atom. The van der Waals surface area contributed by atoms with Gasteiger partial charge in [0.1, 0.15) is 0 Å². The lowest BCUT2D eigenvalue weighted by molar-refractivity contribution is -0.157. The molecule has 0 amide bonds. The quantitative estimate of drug-likeness (QED) is 0.511. The summed E-state index contributed by atoms with van der Waals surface area (Å²) in [4.78, 5) is 16.1. The van der Waals surface area contributed by atoms with E-state index in [-0.39, 0.29) is 11.9 Å². The Morgan fingerprint density at radius 3 is 2.46 bits per heavy atom. The number of rotatable bonds is 6. The third kappa shape index (κ3) is 5.64. The summed E-state index contributed by atoms with van der Waals surface area (Å²) in [7, 11) is 0. The van der Waals surface area contributed by atoms with Gasteiger partial charge in [0.2, 0.25) is 0 Å². The van der Waals surface area contributed by atoms with Gasteiger partial charge in [-0.15, -0.1) is 0 Å². The molecule has 78 valence electrons. The minimum atomic E-state index is -0.161. The van der Waals surface area contributed by atoms with Crippen molar-refractivity contribution < 1.29 is 9.63 Å². The topological polar surface area (TPSA) is 38.3 Å². The van der Waals surface area contributed by atoms with E-state index in [0.29, 0.717) is 5.92 Å². The zero-order chi connectivity index (χ0) is 10.3. The molecule has 0 fully saturated rings. The van der Waals surface area contributed by atoms with E-state index in [0.717, 1.165) is 19.4 Å². The normalized spacial score (nSPS) is 13.0. The number of unbranched alkanes of at least 4 members (excludes halogenated alkanes) is 1. The Labute approximate surface area is 80.8 Å². The molecule has 0 aliphatic heterocycles. The zero-order valence-corrected chi connectivity index (χ0v) is 9.09. The number of hydrogen-bond donors (Lipinski definition) is 1. The van der Waals surface area contributed by atoms with Crippen LogP contribution >= 0.6 is 0 Å². The highest BCUT2D eigenvalue weighted by atomic mass is 16.7. The number of hydroxylamine groups is 1. The van der Waals surface area contributed by atoms with Gasteiger partial charge >= 0.3 is 5.97 Å². The molecule has 0 radical (unpaired) electrons. The lowest BCUT2D eigenvalue weighted by Gasteiger charge is -2.13. The third-order valence-corrected chi connectivity index (χ3v) is 2.18. The van der Waals surface area contributed by atoms with Crippen LogP contribution in [0.2, 0.25) is 0 Å². The summed E-state index contributed by atoms with van der Waals surface area (Å²) in [5.41, 5.74) is 2.67. The highest BCUT2D eigenvalue weighted by Gasteiger charge is 2.17. The van der Waals surface area contributed by atoms with Gasteiger partial charge < -0.3 is 4.84 Å². The van der Waals surface area contributed by atoms with Gasteiger partial charge in [0.15, 0.2) is 0 Å². The van der Waals surface area contributed by atoms with Gasteiger partial charge in [0.25, 0.3) is 0 Å². The molecule has 13 heavy (non-hydrogen) atoms. The molecule has 1 atom stereocenters. The molecule has 1 N–H and O–H groups in total. The highest BCUT2D eigenvalue weighted by Crippen LogP contribution is 2.10. The fourth-order valence-electron chi connectivity index (χ4n) is 0.736. The molecule has 0 saturated carbocycles. The first-order valence-corrected chi connectivity index (χ1v) is 5.03. The van der Waals surface area contributed by atoms with Gasteiger partial charge in [-0.2, -0.15) is 5.48 Å². The van der Waals surface area contributed by atoms with Crippen molar-refractivity contribution in [3.05, 3.63) is 0 Å². The van der Waals surface area contributed by atoms with Crippen LogP contribution in [0.3, 0.4) is 0 Å². The first kappa shape index (κ1) is 12.4. The fourth-order valence-corrected chi connectivity index (χ4v) is 0.736. The Balaban J connectivity index is 3.50. The van der Waals surface area contributed by atoms with Crippen molar-refractivity contribution in [3.63, 3.8) is 0 Å². The van der Waals surface area contributed by atoms with Crippen molar-refractivity contribution in [2.45, 2.75) is 40.5 Å². The average molecular weight is 187 g/mol. The van der Waals surface area contributed by atoms with Crippen molar-refractivity contribution in [1.82, 2.24) is 5.48 Å². The number of nitrogens with one attached hydrogen (secondary N) is 1. The standard InChI is InChI=1S/C10H21NO2/c1-5-6-7-11-13-10(12)9(4)8(2)3/h8-9,11H,5-7H2,1-4H3. The first-order valence-electron chi connectivity index (χ1n) is 5.03. The molecular formula is C10H21NO2. The Morgan fingerprint density at radius 2 is 2.00 bits per heavy atom. The van der Waals surface area contributed by atoms with E-state index in [1.54, 1.807) is 0 Å². The van der Waals surface area contributed by atoms with Gasteiger partial charge in [-0.25, -0.2) is 0 Å². The van der Waals surface area contributed by atoms with Crippen molar-refractivity contribution in [3.8, 4) is 0 Å². The third-order valence-electron chi connectivity index (χ3n) is 2.18. The van der Waals surface area contributed by atoms with Gasteiger partial charge in [-0.1, -0.05) is 34.1 Å². The van der Waals surface area contributed by atoms with Crippen LogP contribution in [-0.2, 0) is 9.63 Å². The average Bonchev–Trinajstić information content (AvgIpc) is 2.10. The summed E-state index contributed by atoms with van der Waals surface area (Å²) in [5.74, 6) is 0.140. The molecule has 0 aromatic rings. The monoisotopic (exact) mass is 187 g/mol. The number of carbonyl (C=O) groups is 1. The van der Waals surface area contributed by atoms with Gasteiger partial charge in [0.05, 0.1) is 5.92 Å². The Bertz CT molecular complexity index is 146. The fraction of sp³-hybridized carbons (Fsp3) is 0.900. The van der Waals surface area contributed by atoms with Crippen molar-refractivity contribution in [1.29, 1.82) is 0 Å². The van der Waals surface area contributed by atoms with Crippen LogP contribution in [0.4, 0.5) is 0 Å². The predicted molar refractivity (Wildman–Crippen MR) is 53.0 cm³/mol. The summed E-state index contributed by atoms with van der Waals surface area (Å²) in [6, 6.07) is 0. The van der Waals surface area contributed by atoms with E-state index in [4.69, 9.17) is 4.84 Å². The molecule has 0 aliphatic rings. The first-order chi connectivity index (χ1) is 6.09. The minimum absolute atomic E-state index is 0.0332. The maximum Gasteiger partial charge on any atom is 0.327 e. The van der Waals surface area contributed by atoms with E-state index in [2.05, 4.69) is 12.4 Å². The van der Waals surface area contributed by atoms with Crippen LogP contribution in [0.15, 0.2) is 0 Å². The summed E-state index contributed by atoms with van der Waals surface area (Å²) >= 11 is 0. The second kappa shape index (κ2) is 6.89. The molecule has 3 nitrogen and oxygen atoms in total. The molecule has 0 saturated heterocycles. The SMILES string of the molecule is CCCCNOC(=O)C(C)C(C)C. The van der Waals surface area contributed by atoms with Crippen LogP contribution < -0.4 is 5.48 Å². The number of hydrogen-bond acceptors (Lipinski definition) is 3. The zero-order valence-electron chi connectivity index (χ0n) is 9.09. The van der Waals surface area contributed by atoms with Gasteiger partial charge in [0, 0.05) is 6.54 Å². The molecule has 3 heteroatoms. The molecule has 0 rings (SSSR count). The van der Waals surface area contributed by atoms with Crippen molar-refractivity contribution >= 4 is 5.97 Å². The predicted octanol–water partition coefficient (Wildman–Crippen LogP) is 2.13. The summed E-state index contributed by atoms with van der Waals surface area (Å²) in [5, 5.41) is 0. The highest BCUT2D eigenvalue weighted by molar-refractivity contribution is 5.71. The van der Waals surface area contributed by atoms with Crippen molar-refractivity contribution in [2.24, 2.45) is 11.8 Å². The lowest BCUT2D eigenvalue weighted by Crippen LogP contribution is -2.27. The smallest absolute Gasteiger partial charge is 0.327 e. The van der Waals surface area contributed by atoms with Crippen LogP contribution in [0.25, 0.3) is 0 Å². The summed E-state index contributed by atoms with van der Waals surface area (Å²) < 4.78 is 0. The Hall–Kier alpha value is -0.570. The second-order valence-electron chi connectivity index (χ2n) is 3.70. The number of carbonyl (C=O) groups excluding carboxylic acids is 1. The second-order valence-corrected chi connectivity index (χ2v) is 3.70. The van der Waals surface area contributed by atoms with E-state index in [9.17, 15) is 4.79 Å². The van der Waals surface area contributed by atoms with E-state index < -0.39 is 0 Å². The molecule has 0 spiro atoms. The molecule has 1 unspecified atom stereocenters. The van der Waals surface area contributed by atoms with Crippen molar-refractivity contribution in [2.75, 3.05) is 6.54 Å². The molecular weight excluding hydrogens is 166 g/mol. The minimum Gasteiger partial charge on any atom is -0.370 e. The van der Waals surface area contributed by atoms with Crippen LogP contribution in [0.5, 0.6) is 0 Å². The largest absolute Gasteiger partial charge is 0.370 e. The van der Waals surface area contributed by atoms with Gasteiger partial charge in [-0.05, 0) is 12.3 Å². The van der Waals surface area contributed by atoms with E-state index in [1.807, 2.05) is 20.8 Å². The van der Waals surface area contributed by atoms with Crippen LogP contribution in [0, 0.1) is 11.8 Å². The molecule has 0 aromatic carbocycles. The maximum atomic E-state index is 11.3. The molecule has 0 aromatic heterocycles. The molecule has 0 bridgehead atoms. The van der Waals surface area contributed by atoms with Gasteiger partial charge in [-0.3, -0.25) is 4.79 Å². The lowest BCUT2D eigenvalue weighted by atomic mass is 9.99. The molecule has 0 heterocycles. The van der Waals surface area contributed by atoms with E-state index >= 15 is 0 Å². The Kier molecular flexibility index (Phi) is 6.59. The summed E-state index contributed by atoms with van der Waals surface area (Å²) in [6.07, 6.45) is 2.13. The maximum absolute atomic E-state index is 11.3. The van der Waals surface area contributed by atoms with Crippen LogP contribution in [0.1, 0.15) is 40.5 Å². The molecule has 0 aliphatic carbocycles. The van der Waals surface area contributed by atoms with Crippen LogP contribution in [-0.4, -0.2) is 12.5 Å². The van der Waals surface area contributed by atoms with E-state index in [1.165, 1.54) is 0 Å². The summed E-state index contributed by atoms with van der Waals surface area (Å²) in [6.45, 7) is 8.75.